The molecule has 30 heavy (non-hydrogen) atoms. The standard InChI is InChI=1S/C22H20ClN5O2/c1-28-20(26-21(29)16-7-2-4-8-17(16)23)12-19(27-28)22(30)24-11-10-14-13-25-18-9-5-3-6-15(14)18/h2-9,12-13,25H,10-11H2,1H3,(H,24,30)(H,26,29). The number of H-pyrrole nitrogens is 1. The van der Waals surface area contributed by atoms with Crippen LogP contribution in [0.15, 0.2) is 60.8 Å². The molecule has 0 aliphatic rings. The summed E-state index contributed by atoms with van der Waals surface area (Å²) < 4.78 is 1.45. The van der Waals surface area contributed by atoms with Crippen molar-refractivity contribution in [3.05, 3.63) is 82.6 Å². The zero-order valence-corrected chi connectivity index (χ0v) is 17.0. The molecule has 2 heterocycles. The Kier molecular flexibility index (Phi) is 5.54. The average Bonchev–Trinajstić information content (AvgIpc) is 3.32. The van der Waals surface area contributed by atoms with Gasteiger partial charge in [0.1, 0.15) is 5.82 Å². The first-order valence-electron chi connectivity index (χ1n) is 9.46. The summed E-state index contributed by atoms with van der Waals surface area (Å²) in [6.45, 7) is 0.471. The highest BCUT2D eigenvalue weighted by Crippen LogP contribution is 2.19. The fourth-order valence-corrected chi connectivity index (χ4v) is 3.49. The molecular weight excluding hydrogens is 402 g/mol. The predicted octanol–water partition coefficient (Wildman–Crippen LogP) is 3.78. The highest BCUT2D eigenvalue weighted by Gasteiger charge is 2.16. The lowest BCUT2D eigenvalue weighted by Crippen LogP contribution is -2.26. The molecular formula is C22H20ClN5O2. The van der Waals surface area contributed by atoms with Crippen molar-refractivity contribution in [2.75, 3.05) is 11.9 Å². The van der Waals surface area contributed by atoms with Gasteiger partial charge in [0.05, 0.1) is 10.6 Å². The monoisotopic (exact) mass is 421 g/mol. The minimum atomic E-state index is -0.366. The molecule has 0 bridgehead atoms. The first-order valence-corrected chi connectivity index (χ1v) is 9.84. The van der Waals surface area contributed by atoms with E-state index >= 15 is 0 Å². The van der Waals surface area contributed by atoms with Gasteiger partial charge in [-0.3, -0.25) is 14.3 Å². The third-order valence-corrected chi connectivity index (χ3v) is 5.16. The zero-order chi connectivity index (χ0) is 21.1. The topological polar surface area (TPSA) is 91.8 Å². The maximum Gasteiger partial charge on any atom is 0.271 e. The van der Waals surface area contributed by atoms with Crippen LogP contribution in [0.4, 0.5) is 5.82 Å². The lowest BCUT2D eigenvalue weighted by Gasteiger charge is -2.06. The van der Waals surface area contributed by atoms with Gasteiger partial charge in [-0.1, -0.05) is 41.9 Å². The largest absolute Gasteiger partial charge is 0.361 e. The smallest absolute Gasteiger partial charge is 0.271 e. The van der Waals surface area contributed by atoms with Crippen LogP contribution in [0.1, 0.15) is 26.4 Å². The van der Waals surface area contributed by atoms with E-state index in [0.717, 1.165) is 16.5 Å². The Morgan fingerprint density at radius 1 is 1.10 bits per heavy atom. The number of halogens is 1. The van der Waals surface area contributed by atoms with Crippen LogP contribution in [0, 0.1) is 0 Å². The van der Waals surface area contributed by atoms with Crippen molar-refractivity contribution in [3.63, 3.8) is 0 Å². The molecule has 0 spiro atoms. The lowest BCUT2D eigenvalue weighted by molar-refractivity contribution is 0.0947. The quantitative estimate of drug-likeness (QED) is 0.442. The van der Waals surface area contributed by atoms with Gasteiger partial charge in [0.25, 0.3) is 11.8 Å². The van der Waals surface area contributed by atoms with Crippen molar-refractivity contribution >= 4 is 40.1 Å². The molecule has 2 amide bonds. The van der Waals surface area contributed by atoms with Crippen LogP contribution < -0.4 is 10.6 Å². The van der Waals surface area contributed by atoms with Crippen molar-refractivity contribution in [2.24, 2.45) is 7.05 Å². The SMILES string of the molecule is Cn1nc(C(=O)NCCc2c[nH]c3ccccc23)cc1NC(=O)c1ccccc1Cl. The van der Waals surface area contributed by atoms with Crippen molar-refractivity contribution < 1.29 is 9.59 Å². The Morgan fingerprint density at radius 3 is 2.70 bits per heavy atom. The molecule has 2 aromatic carbocycles. The lowest BCUT2D eigenvalue weighted by atomic mass is 10.1. The number of aromatic amines is 1. The number of nitrogens with zero attached hydrogens (tertiary/aromatic N) is 2. The first-order chi connectivity index (χ1) is 14.5. The van der Waals surface area contributed by atoms with E-state index in [1.807, 2.05) is 24.4 Å². The summed E-state index contributed by atoms with van der Waals surface area (Å²) in [6, 6.07) is 16.3. The third kappa shape index (κ3) is 4.06. The van der Waals surface area contributed by atoms with Gasteiger partial charge in [0.2, 0.25) is 0 Å². The van der Waals surface area contributed by atoms with Crippen LogP contribution in [0.3, 0.4) is 0 Å². The van der Waals surface area contributed by atoms with E-state index in [9.17, 15) is 9.59 Å². The Bertz CT molecular complexity index is 1230. The van der Waals surface area contributed by atoms with Crippen LogP contribution in [0.25, 0.3) is 10.9 Å². The number of carbonyl (C=O) groups excluding carboxylic acids is 2. The van der Waals surface area contributed by atoms with E-state index in [0.29, 0.717) is 29.4 Å². The summed E-state index contributed by atoms with van der Waals surface area (Å²) in [6.07, 6.45) is 2.65. The number of hydrogen-bond acceptors (Lipinski definition) is 3. The second-order valence-corrected chi connectivity index (χ2v) is 7.24. The van der Waals surface area contributed by atoms with Crippen molar-refractivity contribution in [3.8, 4) is 0 Å². The Morgan fingerprint density at radius 2 is 1.87 bits per heavy atom. The molecule has 4 aromatic rings. The minimum absolute atomic E-state index is 0.228. The second-order valence-electron chi connectivity index (χ2n) is 6.84. The van der Waals surface area contributed by atoms with Crippen LogP contribution in [0.5, 0.6) is 0 Å². The first kappa shape index (κ1) is 19.7. The van der Waals surface area contributed by atoms with Crippen LogP contribution in [-0.4, -0.2) is 33.1 Å². The predicted molar refractivity (Wildman–Crippen MR) is 117 cm³/mol. The van der Waals surface area contributed by atoms with Crippen LogP contribution in [-0.2, 0) is 13.5 Å². The third-order valence-electron chi connectivity index (χ3n) is 4.83. The van der Waals surface area contributed by atoms with Crippen LogP contribution >= 0.6 is 11.6 Å². The van der Waals surface area contributed by atoms with E-state index in [1.54, 1.807) is 31.3 Å². The number of anilines is 1. The molecule has 0 saturated heterocycles. The number of aromatic nitrogens is 3. The Labute approximate surface area is 178 Å². The summed E-state index contributed by atoms with van der Waals surface area (Å²) in [5.74, 6) is -0.264. The van der Waals surface area contributed by atoms with Gasteiger partial charge < -0.3 is 15.6 Å². The molecule has 2 aromatic heterocycles. The minimum Gasteiger partial charge on any atom is -0.361 e. The number of benzene rings is 2. The molecule has 0 radical (unpaired) electrons. The van der Waals surface area contributed by atoms with Gasteiger partial charge in [0, 0.05) is 36.8 Å². The second kappa shape index (κ2) is 8.42. The molecule has 8 heteroatoms. The van der Waals surface area contributed by atoms with Gasteiger partial charge in [-0.15, -0.1) is 0 Å². The number of hydrogen-bond donors (Lipinski definition) is 3. The number of rotatable bonds is 6. The maximum absolute atomic E-state index is 12.5. The molecule has 0 unspecified atom stereocenters. The Hall–Kier alpha value is -3.58. The van der Waals surface area contributed by atoms with Gasteiger partial charge in [0.15, 0.2) is 5.69 Å². The number of fused-ring (bicyclic) bond motifs is 1. The number of nitrogens with one attached hydrogen (secondary N) is 3. The molecule has 0 aliphatic carbocycles. The Balaban J connectivity index is 1.38. The van der Waals surface area contributed by atoms with E-state index in [1.165, 1.54) is 10.7 Å². The van der Waals surface area contributed by atoms with E-state index in [-0.39, 0.29) is 17.5 Å². The molecule has 7 nitrogen and oxygen atoms in total. The highest BCUT2D eigenvalue weighted by molar-refractivity contribution is 6.34. The van der Waals surface area contributed by atoms with E-state index in [2.05, 4.69) is 26.8 Å². The fraction of sp³-hybridized carbons (Fsp3) is 0.136. The average molecular weight is 422 g/mol. The van der Waals surface area contributed by atoms with Gasteiger partial charge >= 0.3 is 0 Å². The molecule has 0 saturated carbocycles. The van der Waals surface area contributed by atoms with Crippen molar-refractivity contribution in [2.45, 2.75) is 6.42 Å². The highest BCUT2D eigenvalue weighted by atomic mass is 35.5. The molecule has 4 rings (SSSR count). The number of carbonyl (C=O) groups is 2. The number of amides is 2. The van der Waals surface area contributed by atoms with Crippen molar-refractivity contribution in [1.29, 1.82) is 0 Å². The van der Waals surface area contributed by atoms with Gasteiger partial charge in [-0.25, -0.2) is 0 Å². The van der Waals surface area contributed by atoms with Gasteiger partial charge in [-0.05, 0) is 30.2 Å². The summed E-state index contributed by atoms with van der Waals surface area (Å²) >= 11 is 6.07. The molecule has 0 aliphatic heterocycles. The summed E-state index contributed by atoms with van der Waals surface area (Å²) in [4.78, 5) is 28.1. The maximum atomic E-state index is 12.5. The van der Waals surface area contributed by atoms with Gasteiger partial charge in [-0.2, -0.15) is 5.10 Å². The number of para-hydroxylation sites is 1. The van der Waals surface area contributed by atoms with E-state index < -0.39 is 0 Å². The summed E-state index contributed by atoms with van der Waals surface area (Å²) in [5.41, 5.74) is 2.79. The molecule has 152 valence electrons. The zero-order valence-electron chi connectivity index (χ0n) is 16.3. The molecule has 3 N–H and O–H groups in total. The van der Waals surface area contributed by atoms with Crippen LogP contribution in [0.2, 0.25) is 5.02 Å². The van der Waals surface area contributed by atoms with Crippen molar-refractivity contribution in [1.82, 2.24) is 20.1 Å². The number of aryl methyl sites for hydroxylation is 1. The van der Waals surface area contributed by atoms with E-state index in [4.69, 9.17) is 11.6 Å². The normalized spacial score (nSPS) is 10.9. The summed E-state index contributed by atoms with van der Waals surface area (Å²) in [7, 11) is 1.66. The molecule has 0 atom stereocenters. The molecule has 0 fully saturated rings. The summed E-state index contributed by atoms with van der Waals surface area (Å²) in [5, 5.41) is 11.3. The fourth-order valence-electron chi connectivity index (χ4n) is 3.26.